The van der Waals surface area contributed by atoms with E-state index in [-0.39, 0.29) is 17.7 Å². The van der Waals surface area contributed by atoms with Gasteiger partial charge in [0.05, 0.1) is 13.3 Å². The second kappa shape index (κ2) is 8.95. The molecule has 1 aromatic carbocycles. The van der Waals surface area contributed by atoms with Crippen molar-refractivity contribution >= 4 is 11.8 Å². The predicted molar refractivity (Wildman–Crippen MR) is 114 cm³/mol. The molecule has 2 N–H and O–H groups in total. The zero-order valence-electron chi connectivity index (χ0n) is 17.5. The smallest absolute Gasteiger partial charge is 0.274 e. The molecular weight excluding hydrogens is 396 g/mol. The molecule has 0 bridgehead atoms. The van der Waals surface area contributed by atoms with E-state index in [4.69, 9.17) is 9.72 Å². The highest BCUT2D eigenvalue weighted by Crippen LogP contribution is 2.31. The van der Waals surface area contributed by atoms with Gasteiger partial charge in [0, 0.05) is 44.0 Å². The quantitative estimate of drug-likeness (QED) is 0.655. The second-order valence-electron chi connectivity index (χ2n) is 7.31. The number of piperidine rings is 1. The molecule has 4 rings (SSSR count). The summed E-state index contributed by atoms with van der Waals surface area (Å²) in [5.74, 6) is 1.29. The molecule has 0 atom stereocenters. The van der Waals surface area contributed by atoms with E-state index in [9.17, 15) is 9.59 Å². The van der Waals surface area contributed by atoms with E-state index in [1.54, 1.807) is 25.3 Å². The number of nitrogens with one attached hydrogen (secondary N) is 2. The summed E-state index contributed by atoms with van der Waals surface area (Å²) in [4.78, 5) is 42.9. The Hall–Kier alpha value is -3.75. The largest absolute Gasteiger partial charge is 0.497 e. The van der Waals surface area contributed by atoms with Gasteiger partial charge in [-0.2, -0.15) is 0 Å². The fourth-order valence-corrected chi connectivity index (χ4v) is 3.76. The van der Waals surface area contributed by atoms with Crippen LogP contribution in [0.25, 0.3) is 11.3 Å². The van der Waals surface area contributed by atoms with Crippen molar-refractivity contribution in [2.45, 2.75) is 18.8 Å². The molecule has 9 heteroatoms. The standard InChI is InChI=1S/C22H24N6O3/c1-23-21(29)19-18(14-3-5-16(31-2)6-4-14)26-20(27-19)15-7-11-28(12-8-15)22(30)17-13-24-9-10-25-17/h3-6,9-10,13,15H,7-8,11-12H2,1-2H3,(H,23,29)(H,26,27). The highest BCUT2D eigenvalue weighted by molar-refractivity contribution is 5.98. The van der Waals surface area contributed by atoms with Crippen LogP contribution in [0.5, 0.6) is 5.75 Å². The van der Waals surface area contributed by atoms with Crippen LogP contribution in [-0.4, -0.2) is 63.9 Å². The van der Waals surface area contributed by atoms with Gasteiger partial charge in [-0.1, -0.05) is 0 Å². The Bertz CT molecular complexity index is 1060. The molecule has 1 aliphatic heterocycles. The summed E-state index contributed by atoms with van der Waals surface area (Å²) >= 11 is 0. The monoisotopic (exact) mass is 420 g/mol. The number of carbonyl (C=O) groups excluding carboxylic acids is 2. The molecule has 2 amide bonds. The number of H-pyrrole nitrogens is 1. The molecule has 3 heterocycles. The van der Waals surface area contributed by atoms with Crippen LogP contribution in [0.4, 0.5) is 0 Å². The van der Waals surface area contributed by atoms with Crippen molar-refractivity contribution in [3.63, 3.8) is 0 Å². The van der Waals surface area contributed by atoms with Crippen molar-refractivity contribution in [2.24, 2.45) is 0 Å². The number of methoxy groups -OCH3 is 1. The Balaban J connectivity index is 1.53. The molecule has 0 aliphatic carbocycles. The van der Waals surface area contributed by atoms with Crippen molar-refractivity contribution in [2.75, 3.05) is 27.2 Å². The van der Waals surface area contributed by atoms with Crippen molar-refractivity contribution in [3.05, 3.63) is 60.1 Å². The number of nitrogens with zero attached hydrogens (tertiary/aromatic N) is 4. The number of amides is 2. The Morgan fingerprint density at radius 2 is 1.90 bits per heavy atom. The number of hydrogen-bond acceptors (Lipinski definition) is 6. The van der Waals surface area contributed by atoms with E-state index in [1.165, 1.54) is 12.4 Å². The number of likely N-dealkylation sites (tertiary alicyclic amines) is 1. The van der Waals surface area contributed by atoms with Gasteiger partial charge in [0.15, 0.2) is 0 Å². The average molecular weight is 420 g/mol. The van der Waals surface area contributed by atoms with Gasteiger partial charge < -0.3 is 19.9 Å². The van der Waals surface area contributed by atoms with Gasteiger partial charge in [-0.05, 0) is 37.1 Å². The Morgan fingerprint density at radius 3 is 2.52 bits per heavy atom. The highest BCUT2D eigenvalue weighted by atomic mass is 16.5. The summed E-state index contributed by atoms with van der Waals surface area (Å²) in [6, 6.07) is 7.45. The van der Waals surface area contributed by atoms with Crippen LogP contribution in [0.15, 0.2) is 42.9 Å². The third-order valence-electron chi connectivity index (χ3n) is 5.49. The molecule has 160 valence electrons. The first-order chi connectivity index (χ1) is 15.1. The van der Waals surface area contributed by atoms with Gasteiger partial charge in [-0.15, -0.1) is 0 Å². The third-order valence-corrected chi connectivity index (χ3v) is 5.49. The van der Waals surface area contributed by atoms with Gasteiger partial charge in [-0.3, -0.25) is 14.6 Å². The lowest BCUT2D eigenvalue weighted by Gasteiger charge is -2.30. The number of benzene rings is 1. The zero-order valence-corrected chi connectivity index (χ0v) is 17.5. The minimum absolute atomic E-state index is 0.115. The fourth-order valence-electron chi connectivity index (χ4n) is 3.76. The van der Waals surface area contributed by atoms with Crippen LogP contribution in [0.3, 0.4) is 0 Å². The lowest BCUT2D eigenvalue weighted by molar-refractivity contribution is 0.0704. The average Bonchev–Trinajstić information content (AvgIpc) is 3.29. The molecule has 2 aromatic heterocycles. The molecule has 0 spiro atoms. The number of imidazole rings is 1. The molecule has 1 fully saturated rings. The number of aromatic amines is 1. The Kier molecular flexibility index (Phi) is 5.92. The van der Waals surface area contributed by atoms with Gasteiger partial charge in [0.2, 0.25) is 0 Å². The van der Waals surface area contributed by atoms with Crippen molar-refractivity contribution in [1.82, 2.24) is 30.2 Å². The maximum Gasteiger partial charge on any atom is 0.274 e. The van der Waals surface area contributed by atoms with Gasteiger partial charge in [-0.25, -0.2) is 9.97 Å². The zero-order chi connectivity index (χ0) is 21.8. The molecule has 1 aliphatic rings. The summed E-state index contributed by atoms with van der Waals surface area (Å²) in [6.45, 7) is 1.18. The molecule has 0 saturated carbocycles. The lowest BCUT2D eigenvalue weighted by atomic mass is 9.96. The number of carbonyl (C=O) groups is 2. The summed E-state index contributed by atoms with van der Waals surface area (Å²) in [5.41, 5.74) is 2.22. The highest BCUT2D eigenvalue weighted by Gasteiger charge is 2.29. The Labute approximate surface area is 179 Å². The Morgan fingerprint density at radius 1 is 1.16 bits per heavy atom. The molecule has 1 saturated heterocycles. The first-order valence-electron chi connectivity index (χ1n) is 10.1. The SMILES string of the molecule is CNC(=O)c1[nH]c(C2CCN(C(=O)c3cnccn3)CC2)nc1-c1ccc(OC)cc1. The van der Waals surface area contributed by atoms with Crippen molar-refractivity contribution in [3.8, 4) is 17.0 Å². The minimum Gasteiger partial charge on any atom is -0.497 e. The topological polar surface area (TPSA) is 113 Å². The minimum atomic E-state index is -0.222. The van der Waals surface area contributed by atoms with E-state index in [0.29, 0.717) is 30.2 Å². The fraction of sp³-hybridized carbons (Fsp3) is 0.318. The number of hydrogen-bond donors (Lipinski definition) is 2. The normalized spacial score (nSPS) is 14.3. The van der Waals surface area contributed by atoms with E-state index in [1.807, 2.05) is 24.3 Å². The van der Waals surface area contributed by atoms with Crippen LogP contribution in [0, 0.1) is 0 Å². The predicted octanol–water partition coefficient (Wildman–Crippen LogP) is 2.25. The van der Waals surface area contributed by atoms with E-state index >= 15 is 0 Å². The molecule has 3 aromatic rings. The molecule has 9 nitrogen and oxygen atoms in total. The lowest BCUT2D eigenvalue weighted by Crippen LogP contribution is -2.38. The van der Waals surface area contributed by atoms with E-state index in [2.05, 4.69) is 20.3 Å². The van der Waals surface area contributed by atoms with Crippen LogP contribution >= 0.6 is 0 Å². The molecule has 0 radical (unpaired) electrons. The van der Waals surface area contributed by atoms with Crippen LogP contribution in [0.2, 0.25) is 0 Å². The summed E-state index contributed by atoms with van der Waals surface area (Å²) in [6.07, 6.45) is 6.04. The maximum absolute atomic E-state index is 12.6. The van der Waals surface area contributed by atoms with Gasteiger partial charge in [0.25, 0.3) is 11.8 Å². The summed E-state index contributed by atoms with van der Waals surface area (Å²) in [5, 5.41) is 2.67. The van der Waals surface area contributed by atoms with Crippen LogP contribution in [-0.2, 0) is 0 Å². The van der Waals surface area contributed by atoms with Crippen LogP contribution in [0.1, 0.15) is 45.6 Å². The van der Waals surface area contributed by atoms with E-state index < -0.39 is 0 Å². The number of ether oxygens (including phenoxy) is 1. The first kappa shape index (κ1) is 20.5. The molecule has 0 unspecified atom stereocenters. The molecule has 31 heavy (non-hydrogen) atoms. The number of rotatable bonds is 5. The van der Waals surface area contributed by atoms with E-state index in [0.717, 1.165) is 30.0 Å². The molecular formula is C22H24N6O3. The van der Waals surface area contributed by atoms with Gasteiger partial charge >= 0.3 is 0 Å². The maximum atomic E-state index is 12.6. The van der Waals surface area contributed by atoms with Crippen LogP contribution < -0.4 is 10.1 Å². The van der Waals surface area contributed by atoms with Crippen molar-refractivity contribution in [1.29, 1.82) is 0 Å². The van der Waals surface area contributed by atoms with Crippen molar-refractivity contribution < 1.29 is 14.3 Å². The summed E-state index contributed by atoms with van der Waals surface area (Å²) < 4.78 is 5.22. The number of aromatic nitrogens is 4. The van der Waals surface area contributed by atoms with Gasteiger partial charge in [0.1, 0.15) is 28.7 Å². The second-order valence-corrected chi connectivity index (χ2v) is 7.31. The third kappa shape index (κ3) is 4.25. The summed E-state index contributed by atoms with van der Waals surface area (Å²) in [7, 11) is 3.20. The first-order valence-corrected chi connectivity index (χ1v) is 10.1.